The monoisotopic (exact) mass is 743 g/mol. The smallest absolute Gasteiger partial charge is 0.155 e. The first-order valence-electron chi connectivity index (χ1n) is 13.1. The van der Waals surface area contributed by atoms with E-state index in [1.165, 1.54) is 58.1 Å². The minimum atomic E-state index is -2.20. The number of allylic oxidation sites excluding steroid dienone is 2. The van der Waals surface area contributed by atoms with Crippen LogP contribution in [0.25, 0.3) is 11.3 Å². The predicted molar refractivity (Wildman–Crippen MR) is 166 cm³/mol. The van der Waals surface area contributed by atoms with Crippen molar-refractivity contribution in [2.75, 3.05) is 0 Å². The van der Waals surface area contributed by atoms with Gasteiger partial charge in [-0.1, -0.05) is 105 Å². The van der Waals surface area contributed by atoms with Crippen LogP contribution in [0.1, 0.15) is 63.8 Å². The van der Waals surface area contributed by atoms with Crippen molar-refractivity contribution >= 4 is 39.5 Å². The van der Waals surface area contributed by atoms with Crippen molar-refractivity contribution in [2.24, 2.45) is 0 Å². The van der Waals surface area contributed by atoms with Gasteiger partial charge < -0.3 is 10.1 Å². The van der Waals surface area contributed by atoms with Crippen molar-refractivity contribution in [3.63, 3.8) is 0 Å². The molecule has 0 fully saturated rings. The second-order valence-corrected chi connectivity index (χ2v) is 15.6. The molecule has 1 atom stereocenters. The molecule has 3 heterocycles. The molecule has 1 unspecified atom stereocenters. The van der Waals surface area contributed by atoms with E-state index in [1.54, 1.807) is 0 Å². The van der Waals surface area contributed by atoms with Crippen LogP contribution in [-0.2, 0) is 47.5 Å². The molecule has 1 aromatic heterocycles. The second kappa shape index (κ2) is 11.0. The first kappa shape index (κ1) is 30.3. The van der Waals surface area contributed by atoms with Gasteiger partial charge in [-0.15, -0.1) is 28.8 Å². The zero-order chi connectivity index (χ0) is 28.2. The number of rotatable bonds is 2. The molecular formula is C34H33IrNO2PS-. The van der Waals surface area contributed by atoms with Gasteiger partial charge in [0.25, 0.3) is 0 Å². The number of hydrogen-bond acceptors (Lipinski definition) is 4. The van der Waals surface area contributed by atoms with Crippen LogP contribution in [0.5, 0.6) is 0 Å². The van der Waals surface area contributed by atoms with Crippen LogP contribution in [-0.4, -0.2) is 15.9 Å². The summed E-state index contributed by atoms with van der Waals surface area (Å²) in [5.41, 5.74) is 6.97. The summed E-state index contributed by atoms with van der Waals surface area (Å²) in [6, 6.07) is 27.8. The Hall–Kier alpha value is -2.68. The standard InChI is InChI=1S/C29H25NPS.C5H8O2.Ir/c1-28(2)20-11-5-7-14-25(20)31(32)26-15-8-6-12-21(26)29(3,4)23-18-19(17-22(28)27(23)31)24-13-9-10-16-30-24;1-4(6)3-5(2)7;/h5-17H,1-4H3;3,6H,1-2H3;/q-1;;/b;4-3-;. The molecule has 3 nitrogen and oxygen atoms in total. The van der Waals surface area contributed by atoms with Gasteiger partial charge >= 0.3 is 0 Å². The summed E-state index contributed by atoms with van der Waals surface area (Å²) < 4.78 is 0. The van der Waals surface area contributed by atoms with E-state index in [0.29, 0.717) is 0 Å². The van der Waals surface area contributed by atoms with Crippen molar-refractivity contribution in [2.45, 2.75) is 52.4 Å². The predicted octanol–water partition coefficient (Wildman–Crippen LogP) is 6.62. The Labute approximate surface area is 256 Å². The van der Waals surface area contributed by atoms with Gasteiger partial charge in [-0.25, -0.2) is 0 Å². The van der Waals surface area contributed by atoms with Crippen LogP contribution in [0.3, 0.4) is 0 Å². The normalized spacial score (nSPS) is 19.0. The third-order valence-corrected chi connectivity index (χ3v) is 12.8. The van der Waals surface area contributed by atoms with E-state index in [9.17, 15) is 4.79 Å². The molecule has 6 heteroatoms. The Morgan fingerprint density at radius 3 is 1.93 bits per heavy atom. The molecule has 3 aromatic carbocycles. The summed E-state index contributed by atoms with van der Waals surface area (Å²) in [7, 11) is 0. The minimum Gasteiger partial charge on any atom is -0.512 e. The molecular weight excluding hydrogens is 710 g/mol. The molecule has 207 valence electrons. The molecule has 1 radical (unpaired) electrons. The van der Waals surface area contributed by atoms with Gasteiger partial charge in [0.1, 0.15) is 0 Å². The molecule has 2 aliphatic heterocycles. The summed E-state index contributed by atoms with van der Waals surface area (Å²) in [4.78, 5) is 14.7. The van der Waals surface area contributed by atoms with Crippen molar-refractivity contribution in [1.29, 1.82) is 0 Å². The molecule has 0 bridgehead atoms. The number of aliphatic hydroxyl groups is 1. The van der Waals surface area contributed by atoms with E-state index in [-0.39, 0.29) is 42.5 Å². The van der Waals surface area contributed by atoms with Crippen molar-refractivity contribution < 1.29 is 30.0 Å². The minimum absolute atomic E-state index is 0. The number of hydrogen-bond donors (Lipinski definition) is 1. The number of carbonyl (C=O) groups is 1. The topological polar surface area (TPSA) is 50.2 Å². The maximum absolute atomic E-state index is 10.0. The molecule has 0 saturated heterocycles. The van der Waals surface area contributed by atoms with Gasteiger partial charge in [-0.2, -0.15) is 0 Å². The van der Waals surface area contributed by atoms with Gasteiger partial charge in [-0.3, -0.25) is 4.79 Å². The fourth-order valence-electron chi connectivity index (χ4n) is 5.99. The quantitative estimate of drug-likeness (QED) is 0.109. The van der Waals surface area contributed by atoms with Crippen molar-refractivity contribution in [1.82, 2.24) is 4.98 Å². The summed E-state index contributed by atoms with van der Waals surface area (Å²) in [5, 5.41) is 12.4. The van der Waals surface area contributed by atoms with Gasteiger partial charge in [0.05, 0.1) is 5.76 Å². The fraction of sp³-hybridized carbons (Fsp3) is 0.235. The largest absolute Gasteiger partial charge is 0.512 e. The number of ketones is 1. The molecule has 0 spiro atoms. The molecule has 2 aliphatic rings. The van der Waals surface area contributed by atoms with E-state index in [2.05, 4.69) is 99.4 Å². The maximum atomic E-state index is 10.0. The summed E-state index contributed by atoms with van der Waals surface area (Å²) >= 11 is 6.80. The number of fused-ring (bicyclic) bond motifs is 4. The molecule has 0 amide bonds. The Balaban J connectivity index is 0.000000413. The van der Waals surface area contributed by atoms with Crippen LogP contribution in [0.15, 0.2) is 90.8 Å². The third kappa shape index (κ3) is 4.78. The van der Waals surface area contributed by atoms with Gasteiger partial charge in [0.2, 0.25) is 0 Å². The number of aromatic nitrogens is 1. The first-order valence-corrected chi connectivity index (χ1v) is 15.9. The SMILES string of the molecule is CC(=O)/C=C(/C)O.CC1(C)c2[c-]c(-c3ccccn3)cc3c2P(=S)(c2ccccc21)c1ccccc1C3(C)C.[Ir]. The van der Waals surface area contributed by atoms with E-state index in [4.69, 9.17) is 16.9 Å². The molecule has 0 aliphatic carbocycles. The van der Waals surface area contributed by atoms with Crippen LogP contribution in [0.2, 0.25) is 0 Å². The molecule has 40 heavy (non-hydrogen) atoms. The van der Waals surface area contributed by atoms with Gasteiger partial charge in [0, 0.05) is 38.4 Å². The van der Waals surface area contributed by atoms with Crippen molar-refractivity contribution in [3.05, 3.63) is 119 Å². The van der Waals surface area contributed by atoms with Crippen LogP contribution < -0.4 is 15.9 Å². The number of pyridine rings is 1. The zero-order valence-corrected chi connectivity index (χ0v) is 27.7. The average Bonchev–Trinajstić information content (AvgIpc) is 2.91. The average molecular weight is 743 g/mol. The summed E-state index contributed by atoms with van der Waals surface area (Å²) in [5.74, 6) is -0.0625. The summed E-state index contributed by atoms with van der Waals surface area (Å²) in [6.45, 7) is 12.2. The molecule has 6 rings (SSSR count). The Kier molecular flexibility index (Phi) is 8.29. The summed E-state index contributed by atoms with van der Waals surface area (Å²) in [6.07, 6.45) is 3.03. The molecule has 0 saturated carbocycles. The molecule has 4 aromatic rings. The Bertz CT molecular complexity index is 1600. The first-order chi connectivity index (χ1) is 18.4. The van der Waals surface area contributed by atoms with E-state index >= 15 is 0 Å². The number of aliphatic hydroxyl groups excluding tert-OH is 1. The van der Waals surface area contributed by atoms with Crippen LogP contribution >= 0.6 is 6.04 Å². The molecule has 1 N–H and O–H groups in total. The zero-order valence-electron chi connectivity index (χ0n) is 23.6. The van der Waals surface area contributed by atoms with Gasteiger partial charge in [0.15, 0.2) is 5.78 Å². The number of benzene rings is 3. The fourth-order valence-corrected chi connectivity index (χ4v) is 11.6. The van der Waals surface area contributed by atoms with Crippen LogP contribution in [0, 0.1) is 6.07 Å². The number of nitrogens with zero attached hydrogens (tertiary/aromatic N) is 1. The Morgan fingerprint density at radius 2 is 1.43 bits per heavy atom. The number of carbonyl (C=O) groups excluding carboxylic acids is 1. The third-order valence-electron chi connectivity index (χ3n) is 7.84. The van der Waals surface area contributed by atoms with E-state index in [1.807, 2.05) is 18.3 Å². The van der Waals surface area contributed by atoms with E-state index < -0.39 is 6.04 Å². The Morgan fingerprint density at radius 1 is 0.875 bits per heavy atom. The van der Waals surface area contributed by atoms with Crippen LogP contribution in [0.4, 0.5) is 0 Å². The second-order valence-electron chi connectivity index (χ2n) is 11.3. The van der Waals surface area contributed by atoms with Crippen molar-refractivity contribution in [3.8, 4) is 11.3 Å². The van der Waals surface area contributed by atoms with Gasteiger partial charge in [-0.05, 0) is 58.2 Å². The van der Waals surface area contributed by atoms with E-state index in [0.717, 1.165) is 11.3 Å². The maximum Gasteiger partial charge on any atom is 0.155 e.